The maximum absolute atomic E-state index is 10.5. The van der Waals surface area contributed by atoms with Crippen molar-refractivity contribution in [3.8, 4) is 0 Å². The Morgan fingerprint density at radius 3 is 3.00 bits per heavy atom. The maximum atomic E-state index is 10.5. The van der Waals surface area contributed by atoms with Crippen LogP contribution >= 0.6 is 0 Å². The number of rotatable bonds is 3. The average molecular weight is 206 g/mol. The Kier molecular flexibility index (Phi) is 2.97. The zero-order valence-corrected chi connectivity index (χ0v) is 8.47. The first-order chi connectivity index (χ1) is 7.33. The van der Waals surface area contributed by atoms with E-state index < -0.39 is 0 Å². The number of pyridine rings is 1. The summed E-state index contributed by atoms with van der Waals surface area (Å²) in [5, 5.41) is 9.02. The lowest BCUT2D eigenvalue weighted by molar-refractivity contribution is 0.112. The molecule has 2 rings (SSSR count). The van der Waals surface area contributed by atoms with Crippen LogP contribution in [-0.4, -0.2) is 36.1 Å². The van der Waals surface area contributed by atoms with Crippen LogP contribution in [0.15, 0.2) is 18.3 Å². The molecule has 1 saturated heterocycles. The summed E-state index contributed by atoms with van der Waals surface area (Å²) >= 11 is 0. The summed E-state index contributed by atoms with van der Waals surface area (Å²) < 4.78 is 0. The van der Waals surface area contributed by atoms with Crippen LogP contribution in [0.2, 0.25) is 0 Å². The van der Waals surface area contributed by atoms with Crippen molar-refractivity contribution >= 4 is 12.1 Å². The van der Waals surface area contributed by atoms with Crippen LogP contribution in [0, 0.1) is 5.92 Å². The van der Waals surface area contributed by atoms with Gasteiger partial charge < -0.3 is 10.0 Å². The van der Waals surface area contributed by atoms with Crippen molar-refractivity contribution in [1.82, 2.24) is 4.98 Å². The molecular formula is C11H14N2O2. The zero-order chi connectivity index (χ0) is 10.7. The smallest absolute Gasteiger partial charge is 0.151 e. The maximum Gasteiger partial charge on any atom is 0.151 e. The molecule has 0 saturated carbocycles. The van der Waals surface area contributed by atoms with Crippen molar-refractivity contribution in [3.05, 3.63) is 23.9 Å². The van der Waals surface area contributed by atoms with Crippen molar-refractivity contribution in [2.75, 3.05) is 24.6 Å². The van der Waals surface area contributed by atoms with Gasteiger partial charge >= 0.3 is 0 Å². The van der Waals surface area contributed by atoms with Gasteiger partial charge in [0.05, 0.1) is 0 Å². The first-order valence-corrected chi connectivity index (χ1v) is 5.10. The number of anilines is 1. The van der Waals surface area contributed by atoms with E-state index in [2.05, 4.69) is 9.88 Å². The second kappa shape index (κ2) is 4.40. The van der Waals surface area contributed by atoms with Crippen LogP contribution in [0.5, 0.6) is 0 Å². The fraction of sp³-hybridized carbons (Fsp3) is 0.455. The third-order valence-electron chi connectivity index (χ3n) is 2.77. The van der Waals surface area contributed by atoms with Gasteiger partial charge in [-0.25, -0.2) is 4.98 Å². The molecule has 0 spiro atoms. The Labute approximate surface area is 88.6 Å². The molecule has 80 valence electrons. The minimum absolute atomic E-state index is 0.239. The molecule has 2 heterocycles. The van der Waals surface area contributed by atoms with Crippen molar-refractivity contribution in [2.24, 2.45) is 5.92 Å². The highest BCUT2D eigenvalue weighted by Crippen LogP contribution is 2.21. The van der Waals surface area contributed by atoms with Gasteiger partial charge in [0.1, 0.15) is 5.82 Å². The summed E-state index contributed by atoms with van der Waals surface area (Å²) in [6, 6.07) is 3.62. The minimum Gasteiger partial charge on any atom is -0.396 e. The second-order valence-electron chi connectivity index (χ2n) is 3.85. The fourth-order valence-electron chi connectivity index (χ4n) is 1.84. The summed E-state index contributed by atoms with van der Waals surface area (Å²) in [6.45, 7) is 2.02. The highest BCUT2D eigenvalue weighted by Gasteiger charge is 2.22. The van der Waals surface area contributed by atoms with Crippen LogP contribution < -0.4 is 4.90 Å². The van der Waals surface area contributed by atoms with Crippen LogP contribution in [0.3, 0.4) is 0 Å². The second-order valence-corrected chi connectivity index (χ2v) is 3.85. The molecule has 15 heavy (non-hydrogen) atoms. The standard InChI is InChI=1S/C11H14N2O2/c14-7-9-1-2-11(12-5-9)13-4-3-10(6-13)8-15/h1-2,5,7,10,15H,3-4,6,8H2. The van der Waals surface area contributed by atoms with Crippen LogP contribution in [0.4, 0.5) is 5.82 Å². The number of aliphatic hydroxyl groups is 1. The third kappa shape index (κ3) is 2.15. The molecular weight excluding hydrogens is 192 g/mol. The van der Waals surface area contributed by atoms with Crippen LogP contribution in [0.25, 0.3) is 0 Å². The number of aliphatic hydroxyl groups excluding tert-OH is 1. The van der Waals surface area contributed by atoms with E-state index in [1.54, 1.807) is 12.3 Å². The number of aldehydes is 1. The number of carbonyl (C=O) groups excluding carboxylic acids is 1. The van der Waals surface area contributed by atoms with Gasteiger partial charge in [0.25, 0.3) is 0 Å². The van der Waals surface area contributed by atoms with E-state index in [9.17, 15) is 4.79 Å². The number of nitrogens with zero attached hydrogens (tertiary/aromatic N) is 2. The van der Waals surface area contributed by atoms with Gasteiger partial charge in [0.15, 0.2) is 6.29 Å². The molecule has 0 aromatic carbocycles. The Morgan fingerprint density at radius 1 is 1.60 bits per heavy atom. The quantitative estimate of drug-likeness (QED) is 0.740. The largest absolute Gasteiger partial charge is 0.396 e. The highest BCUT2D eigenvalue weighted by molar-refractivity contribution is 5.74. The summed E-state index contributed by atoms with van der Waals surface area (Å²) in [4.78, 5) is 16.8. The van der Waals surface area contributed by atoms with E-state index in [0.717, 1.165) is 31.6 Å². The SMILES string of the molecule is O=Cc1ccc(N2CCC(CO)C2)nc1. The number of carbonyl (C=O) groups is 1. The van der Waals surface area contributed by atoms with E-state index in [-0.39, 0.29) is 6.61 Å². The first-order valence-electron chi connectivity index (χ1n) is 5.10. The lowest BCUT2D eigenvalue weighted by Gasteiger charge is -2.16. The number of hydrogen-bond donors (Lipinski definition) is 1. The molecule has 0 bridgehead atoms. The molecule has 4 nitrogen and oxygen atoms in total. The molecule has 1 N–H and O–H groups in total. The third-order valence-corrected chi connectivity index (χ3v) is 2.77. The van der Waals surface area contributed by atoms with Gasteiger partial charge in [-0.1, -0.05) is 0 Å². The highest BCUT2D eigenvalue weighted by atomic mass is 16.3. The van der Waals surface area contributed by atoms with Crippen LogP contribution in [-0.2, 0) is 0 Å². The average Bonchev–Trinajstić information content (AvgIpc) is 2.78. The van der Waals surface area contributed by atoms with E-state index in [1.165, 1.54) is 0 Å². The summed E-state index contributed by atoms with van der Waals surface area (Å²) in [7, 11) is 0. The Morgan fingerprint density at radius 2 is 2.47 bits per heavy atom. The van der Waals surface area contributed by atoms with Crippen LogP contribution in [0.1, 0.15) is 16.8 Å². The van der Waals surface area contributed by atoms with Gasteiger partial charge in [-0.3, -0.25) is 4.79 Å². The van der Waals surface area contributed by atoms with E-state index in [4.69, 9.17) is 5.11 Å². The van der Waals surface area contributed by atoms with Gasteiger partial charge in [-0.15, -0.1) is 0 Å². The number of aromatic nitrogens is 1. The van der Waals surface area contributed by atoms with E-state index >= 15 is 0 Å². The van der Waals surface area contributed by atoms with E-state index in [1.807, 2.05) is 6.07 Å². The lowest BCUT2D eigenvalue weighted by atomic mass is 10.1. The molecule has 1 aromatic rings. The molecule has 1 fully saturated rings. The molecule has 4 heteroatoms. The monoisotopic (exact) mass is 206 g/mol. The fourth-order valence-corrected chi connectivity index (χ4v) is 1.84. The minimum atomic E-state index is 0.239. The predicted octanol–water partition coefficient (Wildman–Crippen LogP) is 0.713. The number of hydrogen-bond acceptors (Lipinski definition) is 4. The van der Waals surface area contributed by atoms with Crippen molar-refractivity contribution in [1.29, 1.82) is 0 Å². The normalized spacial score (nSPS) is 20.6. The first kappa shape index (κ1) is 10.1. The molecule has 0 amide bonds. The van der Waals surface area contributed by atoms with Crippen molar-refractivity contribution < 1.29 is 9.90 Å². The topological polar surface area (TPSA) is 53.4 Å². The van der Waals surface area contributed by atoms with Crippen molar-refractivity contribution in [2.45, 2.75) is 6.42 Å². The Hall–Kier alpha value is -1.42. The van der Waals surface area contributed by atoms with Crippen molar-refractivity contribution in [3.63, 3.8) is 0 Å². The Balaban J connectivity index is 2.07. The predicted molar refractivity (Wildman–Crippen MR) is 57.0 cm³/mol. The van der Waals surface area contributed by atoms with Gasteiger partial charge in [-0.05, 0) is 18.6 Å². The molecule has 1 aliphatic rings. The molecule has 1 aromatic heterocycles. The zero-order valence-electron chi connectivity index (χ0n) is 8.47. The van der Waals surface area contributed by atoms with E-state index in [0.29, 0.717) is 11.5 Å². The molecule has 1 aliphatic heterocycles. The summed E-state index contributed by atoms with van der Waals surface area (Å²) in [5.74, 6) is 1.24. The van der Waals surface area contributed by atoms with Gasteiger partial charge in [0, 0.05) is 37.4 Å². The van der Waals surface area contributed by atoms with Gasteiger partial charge in [0.2, 0.25) is 0 Å². The summed E-state index contributed by atoms with van der Waals surface area (Å²) in [5.41, 5.74) is 0.594. The molecule has 1 atom stereocenters. The van der Waals surface area contributed by atoms with Gasteiger partial charge in [-0.2, -0.15) is 0 Å². The molecule has 0 aliphatic carbocycles. The Bertz CT molecular complexity index is 337. The summed E-state index contributed by atoms with van der Waals surface area (Å²) in [6.07, 6.45) is 3.37. The molecule has 1 unspecified atom stereocenters. The lowest BCUT2D eigenvalue weighted by Crippen LogP contribution is -2.21. The molecule has 0 radical (unpaired) electrons.